The smallest absolute Gasteiger partial charge is 0.157 e. The molecule has 0 radical (unpaired) electrons. The molecule has 3 fully saturated rings. The molecule has 0 unspecified atom stereocenters. The molecule has 0 aromatic carbocycles. The van der Waals surface area contributed by atoms with Crippen LogP contribution in [0, 0.1) is 11.8 Å². The zero-order valence-corrected chi connectivity index (χ0v) is 20.4. The number of hydrogen-bond donors (Lipinski definition) is 0. The summed E-state index contributed by atoms with van der Waals surface area (Å²) in [7, 11) is 0. The first-order valence-corrected chi connectivity index (χ1v) is 12.5. The van der Waals surface area contributed by atoms with Crippen LogP contribution >= 0.6 is 0 Å². The third-order valence-corrected chi connectivity index (χ3v) is 6.35. The lowest BCUT2D eigenvalue weighted by Gasteiger charge is -2.34. The van der Waals surface area contributed by atoms with E-state index in [1.165, 1.54) is 58.3 Å². The molecule has 0 aromatic rings. The maximum Gasteiger partial charge on any atom is 0.157 e. The van der Waals surface area contributed by atoms with Crippen LogP contribution in [0.15, 0.2) is 24.3 Å². The maximum absolute atomic E-state index is 11.4. The van der Waals surface area contributed by atoms with E-state index in [1.54, 1.807) is 12.2 Å². The Morgan fingerprint density at radius 3 is 1.58 bits per heavy atom. The molecule has 5 nitrogen and oxygen atoms in total. The molecule has 0 atom stereocenters. The van der Waals surface area contributed by atoms with Gasteiger partial charge in [0.15, 0.2) is 11.6 Å². The van der Waals surface area contributed by atoms with Crippen molar-refractivity contribution in [2.24, 2.45) is 11.8 Å². The van der Waals surface area contributed by atoms with E-state index in [0.717, 1.165) is 32.2 Å². The highest BCUT2D eigenvalue weighted by molar-refractivity contribution is 5.91. The number of carbonyl (C=O) groups excluding carboxylic acids is 2. The fourth-order valence-electron chi connectivity index (χ4n) is 3.91. The van der Waals surface area contributed by atoms with Gasteiger partial charge < -0.3 is 0 Å². The normalized spacial score (nSPS) is 21.7. The first-order chi connectivity index (χ1) is 14.9. The van der Waals surface area contributed by atoms with Gasteiger partial charge in [-0.3, -0.25) is 24.3 Å². The standard InChI is InChI=1S/C14H24N2O.C12H21NO/c1-12(2)14(17)4-3-7-15-8-10-16(11-9-15)13-5-6-13;1-11(2)12(14)7-6-10-13-8-4-3-5-9-13/h3-4,12-13H,5-11H2,1-2H3;6-7,11H,3-5,8-10H2,1-2H3/b4-3+;7-6+. The van der Waals surface area contributed by atoms with Crippen LogP contribution in [-0.4, -0.2) is 84.7 Å². The number of allylic oxidation sites excluding steroid dienone is 2. The molecule has 31 heavy (non-hydrogen) atoms. The molecule has 2 saturated heterocycles. The third-order valence-electron chi connectivity index (χ3n) is 6.35. The topological polar surface area (TPSA) is 43.9 Å². The van der Waals surface area contributed by atoms with Crippen LogP contribution in [0.1, 0.15) is 59.8 Å². The predicted molar refractivity (Wildman–Crippen MR) is 129 cm³/mol. The molecule has 3 rings (SSSR count). The zero-order valence-electron chi connectivity index (χ0n) is 20.4. The molecule has 0 bridgehead atoms. The van der Waals surface area contributed by atoms with Gasteiger partial charge in [0.25, 0.3) is 0 Å². The minimum absolute atomic E-state index is 0.123. The third kappa shape index (κ3) is 10.7. The second-order valence-corrected chi connectivity index (χ2v) is 9.85. The van der Waals surface area contributed by atoms with Gasteiger partial charge in [0, 0.05) is 57.1 Å². The van der Waals surface area contributed by atoms with Gasteiger partial charge in [0.05, 0.1) is 0 Å². The van der Waals surface area contributed by atoms with Crippen molar-refractivity contribution in [1.82, 2.24) is 14.7 Å². The molecule has 2 heterocycles. The summed E-state index contributed by atoms with van der Waals surface area (Å²) in [6, 6.07) is 0.898. The lowest BCUT2D eigenvalue weighted by molar-refractivity contribution is -0.118. The van der Waals surface area contributed by atoms with Gasteiger partial charge in [0.1, 0.15) is 0 Å². The number of ketones is 2. The highest BCUT2D eigenvalue weighted by Crippen LogP contribution is 2.27. The van der Waals surface area contributed by atoms with Crippen molar-refractivity contribution in [1.29, 1.82) is 0 Å². The Hall–Kier alpha value is -1.30. The molecule has 0 spiro atoms. The second-order valence-electron chi connectivity index (χ2n) is 9.85. The van der Waals surface area contributed by atoms with E-state index in [9.17, 15) is 9.59 Å². The zero-order chi connectivity index (χ0) is 22.6. The van der Waals surface area contributed by atoms with Gasteiger partial charge in [-0.2, -0.15) is 0 Å². The monoisotopic (exact) mass is 431 g/mol. The maximum atomic E-state index is 11.4. The van der Waals surface area contributed by atoms with Gasteiger partial charge in [-0.15, -0.1) is 0 Å². The first-order valence-electron chi connectivity index (χ1n) is 12.5. The first kappa shape index (κ1) is 26.0. The van der Waals surface area contributed by atoms with Gasteiger partial charge in [-0.25, -0.2) is 0 Å². The Bertz CT molecular complexity index is 594. The molecule has 5 heteroatoms. The SMILES string of the molecule is CC(C)C(=O)/C=C/CN1CCCCC1.CC(C)C(=O)/C=C/CN1CCN(C2CC2)CC1. The summed E-state index contributed by atoms with van der Waals surface area (Å²) in [6.45, 7) is 16.7. The van der Waals surface area contributed by atoms with Crippen molar-refractivity contribution < 1.29 is 9.59 Å². The predicted octanol–water partition coefficient (Wildman–Crippen LogP) is 3.80. The molecular weight excluding hydrogens is 386 g/mol. The largest absolute Gasteiger partial charge is 0.300 e. The fourth-order valence-corrected chi connectivity index (χ4v) is 3.91. The van der Waals surface area contributed by atoms with E-state index >= 15 is 0 Å². The van der Waals surface area contributed by atoms with Crippen LogP contribution in [-0.2, 0) is 9.59 Å². The van der Waals surface area contributed by atoms with Crippen LogP contribution in [0.4, 0.5) is 0 Å². The van der Waals surface area contributed by atoms with E-state index in [0.29, 0.717) is 0 Å². The number of hydrogen-bond acceptors (Lipinski definition) is 5. The highest BCUT2D eigenvalue weighted by Gasteiger charge is 2.30. The lowest BCUT2D eigenvalue weighted by Crippen LogP contribution is -2.47. The second kappa shape index (κ2) is 14.0. The van der Waals surface area contributed by atoms with Crippen LogP contribution in [0.3, 0.4) is 0 Å². The minimum Gasteiger partial charge on any atom is -0.300 e. The Morgan fingerprint density at radius 2 is 1.16 bits per heavy atom. The Balaban J connectivity index is 0.000000225. The minimum atomic E-state index is 0.123. The highest BCUT2D eigenvalue weighted by atomic mass is 16.1. The Labute approximate surface area is 190 Å². The summed E-state index contributed by atoms with van der Waals surface area (Å²) in [5, 5.41) is 0. The van der Waals surface area contributed by atoms with Gasteiger partial charge in [-0.05, 0) is 50.9 Å². The number of likely N-dealkylation sites (tertiary alicyclic amines) is 1. The van der Waals surface area contributed by atoms with Crippen molar-refractivity contribution in [3.05, 3.63) is 24.3 Å². The van der Waals surface area contributed by atoms with E-state index in [4.69, 9.17) is 0 Å². The number of carbonyl (C=O) groups is 2. The molecular formula is C26H45N3O2. The van der Waals surface area contributed by atoms with Crippen molar-refractivity contribution in [2.45, 2.75) is 65.8 Å². The number of piperazine rings is 1. The quantitative estimate of drug-likeness (QED) is 0.520. The van der Waals surface area contributed by atoms with Gasteiger partial charge >= 0.3 is 0 Å². The van der Waals surface area contributed by atoms with Crippen molar-refractivity contribution >= 4 is 11.6 Å². The van der Waals surface area contributed by atoms with Crippen molar-refractivity contribution in [3.8, 4) is 0 Å². The summed E-state index contributed by atoms with van der Waals surface area (Å²) in [5.41, 5.74) is 0. The summed E-state index contributed by atoms with van der Waals surface area (Å²) < 4.78 is 0. The van der Waals surface area contributed by atoms with E-state index < -0.39 is 0 Å². The van der Waals surface area contributed by atoms with Gasteiger partial charge in [0.2, 0.25) is 0 Å². The molecule has 1 saturated carbocycles. The van der Waals surface area contributed by atoms with Crippen LogP contribution in [0.5, 0.6) is 0 Å². The number of piperidine rings is 1. The van der Waals surface area contributed by atoms with Crippen LogP contribution in [0.2, 0.25) is 0 Å². The average molecular weight is 432 g/mol. The molecule has 176 valence electrons. The van der Waals surface area contributed by atoms with Crippen molar-refractivity contribution in [2.75, 3.05) is 52.4 Å². The summed E-state index contributed by atoms with van der Waals surface area (Å²) >= 11 is 0. The Morgan fingerprint density at radius 1 is 0.710 bits per heavy atom. The molecule has 0 N–H and O–H groups in total. The lowest BCUT2D eigenvalue weighted by atomic mass is 10.1. The van der Waals surface area contributed by atoms with E-state index in [-0.39, 0.29) is 23.4 Å². The fraction of sp³-hybridized carbons (Fsp3) is 0.769. The summed E-state index contributed by atoms with van der Waals surface area (Å²) in [6.07, 6.45) is 14.3. The van der Waals surface area contributed by atoms with Crippen LogP contribution < -0.4 is 0 Å². The van der Waals surface area contributed by atoms with Crippen LogP contribution in [0.25, 0.3) is 0 Å². The average Bonchev–Trinajstić information content (AvgIpc) is 3.60. The number of nitrogens with zero attached hydrogens (tertiary/aromatic N) is 3. The molecule has 0 amide bonds. The van der Waals surface area contributed by atoms with E-state index in [2.05, 4.69) is 14.7 Å². The van der Waals surface area contributed by atoms with Crippen molar-refractivity contribution in [3.63, 3.8) is 0 Å². The molecule has 3 aliphatic rings. The van der Waals surface area contributed by atoms with Gasteiger partial charge in [-0.1, -0.05) is 46.3 Å². The summed E-state index contributed by atoms with van der Waals surface area (Å²) in [4.78, 5) is 30.2. The molecule has 2 aliphatic heterocycles. The number of rotatable bonds is 9. The Kier molecular flexibility index (Phi) is 11.7. The molecule has 0 aromatic heterocycles. The summed E-state index contributed by atoms with van der Waals surface area (Å²) in [5.74, 6) is 0.731. The molecule has 1 aliphatic carbocycles. The van der Waals surface area contributed by atoms with E-state index in [1.807, 2.05) is 39.8 Å².